The Balaban J connectivity index is 2.11. The summed E-state index contributed by atoms with van der Waals surface area (Å²) in [5.41, 5.74) is 8.18. The highest BCUT2D eigenvalue weighted by Gasteiger charge is 2.11. The lowest BCUT2D eigenvalue weighted by Gasteiger charge is -2.07. The molecule has 2 aromatic rings. The topological polar surface area (TPSA) is 48.1 Å². The van der Waals surface area contributed by atoms with Crippen LogP contribution in [-0.4, -0.2) is 25.0 Å². The van der Waals surface area contributed by atoms with E-state index in [1.807, 2.05) is 5.38 Å². The molecule has 0 saturated carbocycles. The lowest BCUT2D eigenvalue weighted by atomic mass is 10.2. The Kier molecular flexibility index (Phi) is 5.39. The number of thioether (sulfide) groups is 1. The van der Waals surface area contributed by atoms with Crippen molar-refractivity contribution in [1.82, 2.24) is 4.98 Å². The molecule has 3 nitrogen and oxygen atoms in total. The number of nitrogens with two attached hydrogens (primary N) is 1. The standard InChI is InChI=1S/C14H18N2OS2/c1-17-8-7-12(15)13-9-19-14(16-13)10-3-5-11(18-2)6-4-10/h3-6,9,12H,7-8,15H2,1-2H3. The zero-order chi connectivity index (χ0) is 13.7. The lowest BCUT2D eigenvalue weighted by molar-refractivity contribution is 0.188. The van der Waals surface area contributed by atoms with E-state index in [1.54, 1.807) is 30.2 Å². The molecular formula is C14H18N2OS2. The Hall–Kier alpha value is -0.880. The number of benzene rings is 1. The van der Waals surface area contributed by atoms with Gasteiger partial charge in [0.2, 0.25) is 0 Å². The summed E-state index contributed by atoms with van der Waals surface area (Å²) >= 11 is 3.38. The Labute approximate surface area is 122 Å². The first kappa shape index (κ1) is 14.5. The van der Waals surface area contributed by atoms with E-state index in [2.05, 4.69) is 35.5 Å². The van der Waals surface area contributed by atoms with Crippen molar-refractivity contribution in [2.24, 2.45) is 5.73 Å². The number of rotatable bonds is 6. The second kappa shape index (κ2) is 7.05. The van der Waals surface area contributed by atoms with Gasteiger partial charge in [-0.2, -0.15) is 0 Å². The molecule has 0 spiro atoms. The van der Waals surface area contributed by atoms with Gasteiger partial charge >= 0.3 is 0 Å². The van der Waals surface area contributed by atoms with E-state index in [1.165, 1.54) is 4.90 Å². The van der Waals surface area contributed by atoms with Crippen molar-refractivity contribution in [2.75, 3.05) is 20.0 Å². The molecule has 2 N–H and O–H groups in total. The molecule has 0 bridgehead atoms. The van der Waals surface area contributed by atoms with Gasteiger partial charge in [-0.15, -0.1) is 23.1 Å². The van der Waals surface area contributed by atoms with Gasteiger partial charge in [-0.05, 0) is 24.8 Å². The maximum atomic E-state index is 6.08. The molecule has 0 saturated heterocycles. The predicted octanol–water partition coefficient (Wildman–Crippen LogP) is 3.57. The summed E-state index contributed by atoms with van der Waals surface area (Å²) in [4.78, 5) is 5.88. The van der Waals surface area contributed by atoms with E-state index >= 15 is 0 Å². The van der Waals surface area contributed by atoms with Crippen LogP contribution in [0.15, 0.2) is 34.5 Å². The molecule has 0 amide bonds. The van der Waals surface area contributed by atoms with Crippen LogP contribution in [0.2, 0.25) is 0 Å². The van der Waals surface area contributed by atoms with E-state index in [-0.39, 0.29) is 6.04 Å². The van der Waals surface area contributed by atoms with Crippen LogP contribution in [-0.2, 0) is 4.74 Å². The number of hydrogen-bond donors (Lipinski definition) is 1. The lowest BCUT2D eigenvalue weighted by Crippen LogP contribution is -2.12. The Bertz CT molecular complexity index is 510. The van der Waals surface area contributed by atoms with E-state index in [9.17, 15) is 0 Å². The molecule has 0 aliphatic rings. The summed E-state index contributed by atoms with van der Waals surface area (Å²) < 4.78 is 5.04. The summed E-state index contributed by atoms with van der Waals surface area (Å²) in [6.07, 6.45) is 2.87. The number of aromatic nitrogens is 1. The fraction of sp³-hybridized carbons (Fsp3) is 0.357. The van der Waals surface area contributed by atoms with Gasteiger partial charge in [0.15, 0.2) is 0 Å². The van der Waals surface area contributed by atoms with Crippen LogP contribution in [0, 0.1) is 0 Å². The average Bonchev–Trinajstić information content (AvgIpc) is 2.94. The zero-order valence-corrected chi connectivity index (χ0v) is 12.8. The van der Waals surface area contributed by atoms with E-state index in [0.29, 0.717) is 6.61 Å². The normalized spacial score (nSPS) is 12.6. The minimum atomic E-state index is -0.0459. The van der Waals surface area contributed by atoms with Crippen molar-refractivity contribution in [3.05, 3.63) is 35.3 Å². The molecule has 1 aromatic carbocycles. The fourth-order valence-corrected chi connectivity index (χ4v) is 3.01. The Morgan fingerprint density at radius 1 is 1.37 bits per heavy atom. The molecule has 19 heavy (non-hydrogen) atoms. The first-order valence-corrected chi connectivity index (χ1v) is 8.19. The molecule has 2 rings (SSSR count). The monoisotopic (exact) mass is 294 g/mol. The highest BCUT2D eigenvalue weighted by Crippen LogP contribution is 2.28. The predicted molar refractivity (Wildman–Crippen MR) is 82.8 cm³/mol. The van der Waals surface area contributed by atoms with E-state index in [4.69, 9.17) is 10.5 Å². The molecule has 5 heteroatoms. The smallest absolute Gasteiger partial charge is 0.123 e. The number of thiazole rings is 1. The highest BCUT2D eigenvalue weighted by molar-refractivity contribution is 7.98. The third kappa shape index (κ3) is 3.79. The van der Waals surface area contributed by atoms with Crippen molar-refractivity contribution in [1.29, 1.82) is 0 Å². The summed E-state index contributed by atoms with van der Waals surface area (Å²) in [5, 5.41) is 3.06. The maximum Gasteiger partial charge on any atom is 0.123 e. The van der Waals surface area contributed by atoms with Gasteiger partial charge in [0.1, 0.15) is 5.01 Å². The first-order valence-electron chi connectivity index (χ1n) is 6.09. The molecule has 0 fully saturated rings. The highest BCUT2D eigenvalue weighted by atomic mass is 32.2. The third-order valence-electron chi connectivity index (χ3n) is 2.87. The third-order valence-corrected chi connectivity index (χ3v) is 4.52. The van der Waals surface area contributed by atoms with Crippen molar-refractivity contribution in [3.8, 4) is 10.6 Å². The summed E-state index contributed by atoms with van der Waals surface area (Å²) in [7, 11) is 1.69. The van der Waals surface area contributed by atoms with E-state index in [0.717, 1.165) is 22.7 Å². The Morgan fingerprint density at radius 2 is 2.11 bits per heavy atom. The van der Waals surface area contributed by atoms with Crippen LogP contribution in [0.25, 0.3) is 10.6 Å². The molecule has 0 aliphatic heterocycles. The largest absolute Gasteiger partial charge is 0.385 e. The zero-order valence-electron chi connectivity index (χ0n) is 11.1. The Morgan fingerprint density at radius 3 is 2.74 bits per heavy atom. The molecule has 0 radical (unpaired) electrons. The van der Waals surface area contributed by atoms with Crippen LogP contribution in [0.1, 0.15) is 18.2 Å². The molecular weight excluding hydrogens is 276 g/mol. The number of methoxy groups -OCH3 is 1. The maximum absolute atomic E-state index is 6.08. The molecule has 102 valence electrons. The summed E-state index contributed by atoms with van der Waals surface area (Å²) in [5.74, 6) is 0. The van der Waals surface area contributed by atoms with Crippen LogP contribution in [0.5, 0.6) is 0 Å². The number of nitrogens with zero attached hydrogens (tertiary/aromatic N) is 1. The molecule has 1 unspecified atom stereocenters. The quantitative estimate of drug-likeness (QED) is 0.827. The van der Waals surface area contributed by atoms with E-state index < -0.39 is 0 Å². The van der Waals surface area contributed by atoms with Crippen LogP contribution >= 0.6 is 23.1 Å². The van der Waals surface area contributed by atoms with Gasteiger partial charge in [0.25, 0.3) is 0 Å². The van der Waals surface area contributed by atoms with Crippen LogP contribution < -0.4 is 5.73 Å². The molecule has 1 heterocycles. The first-order chi connectivity index (χ1) is 9.24. The summed E-state index contributed by atoms with van der Waals surface area (Å²) in [6, 6.07) is 8.40. The average molecular weight is 294 g/mol. The molecule has 1 aromatic heterocycles. The van der Waals surface area contributed by atoms with Crippen molar-refractivity contribution in [2.45, 2.75) is 17.4 Å². The molecule has 0 aliphatic carbocycles. The minimum absolute atomic E-state index is 0.0459. The van der Waals surface area contributed by atoms with Gasteiger partial charge in [0, 0.05) is 29.6 Å². The number of hydrogen-bond acceptors (Lipinski definition) is 5. The second-order valence-electron chi connectivity index (χ2n) is 4.19. The summed E-state index contributed by atoms with van der Waals surface area (Å²) in [6.45, 7) is 0.663. The van der Waals surface area contributed by atoms with Gasteiger partial charge in [-0.3, -0.25) is 0 Å². The van der Waals surface area contributed by atoms with Gasteiger partial charge < -0.3 is 10.5 Å². The molecule has 1 atom stereocenters. The van der Waals surface area contributed by atoms with Crippen LogP contribution in [0.4, 0.5) is 0 Å². The fourth-order valence-electron chi connectivity index (χ4n) is 1.72. The van der Waals surface area contributed by atoms with Crippen LogP contribution in [0.3, 0.4) is 0 Å². The number of ether oxygens (including phenoxy) is 1. The SMILES string of the molecule is COCCC(N)c1csc(-c2ccc(SC)cc2)n1. The van der Waals surface area contributed by atoms with Gasteiger partial charge in [-0.25, -0.2) is 4.98 Å². The van der Waals surface area contributed by atoms with Gasteiger partial charge in [-0.1, -0.05) is 12.1 Å². The van der Waals surface area contributed by atoms with Gasteiger partial charge in [0.05, 0.1) is 11.7 Å². The minimum Gasteiger partial charge on any atom is -0.385 e. The van der Waals surface area contributed by atoms with Crippen molar-refractivity contribution in [3.63, 3.8) is 0 Å². The van der Waals surface area contributed by atoms with Crippen molar-refractivity contribution < 1.29 is 4.74 Å². The second-order valence-corrected chi connectivity index (χ2v) is 5.93. The van der Waals surface area contributed by atoms with Crippen molar-refractivity contribution >= 4 is 23.1 Å².